The standard InChI is InChI=1S/C20H24N2O6/c1-12-6-4-5-7-15(12)22-19(25)18(24)21(20(22)26)11-16(23)14-9-8-13(27-2)10-17(14)28-3/h8-10,12,15H,4-7,11H2,1-3H3/t12-,15-/m0/s1. The highest BCUT2D eigenvalue weighted by Gasteiger charge is 2.49. The highest BCUT2D eigenvalue weighted by molar-refractivity contribution is 6.45. The number of rotatable bonds is 6. The van der Waals surface area contributed by atoms with Gasteiger partial charge >= 0.3 is 17.8 Å². The highest BCUT2D eigenvalue weighted by atomic mass is 16.5. The second-order valence-electron chi connectivity index (χ2n) is 7.17. The lowest BCUT2D eigenvalue weighted by Gasteiger charge is -2.34. The molecule has 0 aromatic heterocycles. The molecule has 0 radical (unpaired) electrons. The van der Waals surface area contributed by atoms with Crippen LogP contribution in [-0.2, 0) is 9.59 Å². The molecule has 1 saturated carbocycles. The van der Waals surface area contributed by atoms with Gasteiger partial charge in [-0.1, -0.05) is 19.8 Å². The monoisotopic (exact) mass is 388 g/mol. The summed E-state index contributed by atoms with van der Waals surface area (Å²) < 4.78 is 10.3. The van der Waals surface area contributed by atoms with Crippen LogP contribution in [0.5, 0.6) is 11.5 Å². The summed E-state index contributed by atoms with van der Waals surface area (Å²) in [5.74, 6) is -1.39. The summed E-state index contributed by atoms with van der Waals surface area (Å²) in [6.07, 6.45) is 3.53. The van der Waals surface area contributed by atoms with Gasteiger partial charge in [-0.2, -0.15) is 0 Å². The van der Waals surface area contributed by atoms with Crippen LogP contribution in [0.15, 0.2) is 18.2 Å². The van der Waals surface area contributed by atoms with Crippen molar-refractivity contribution in [3.8, 4) is 11.5 Å². The van der Waals surface area contributed by atoms with Crippen LogP contribution in [0.3, 0.4) is 0 Å². The number of hydrogen-bond acceptors (Lipinski definition) is 6. The summed E-state index contributed by atoms with van der Waals surface area (Å²) in [5.41, 5.74) is 0.209. The van der Waals surface area contributed by atoms with Crippen LogP contribution in [-0.4, -0.2) is 60.2 Å². The predicted molar refractivity (Wildman–Crippen MR) is 99.3 cm³/mol. The van der Waals surface area contributed by atoms with E-state index >= 15 is 0 Å². The zero-order valence-corrected chi connectivity index (χ0v) is 16.3. The van der Waals surface area contributed by atoms with E-state index in [-0.39, 0.29) is 23.3 Å². The van der Waals surface area contributed by atoms with Gasteiger partial charge < -0.3 is 9.47 Å². The maximum atomic E-state index is 12.8. The van der Waals surface area contributed by atoms with E-state index in [2.05, 4.69) is 0 Å². The maximum Gasteiger partial charge on any atom is 0.334 e. The zero-order chi connectivity index (χ0) is 20.4. The van der Waals surface area contributed by atoms with Crippen molar-refractivity contribution in [1.82, 2.24) is 9.80 Å². The lowest BCUT2D eigenvalue weighted by atomic mass is 9.85. The van der Waals surface area contributed by atoms with E-state index in [9.17, 15) is 19.2 Å². The van der Waals surface area contributed by atoms with Crippen molar-refractivity contribution in [3.63, 3.8) is 0 Å². The van der Waals surface area contributed by atoms with Gasteiger partial charge in [-0.05, 0) is 30.9 Å². The molecule has 0 unspecified atom stereocenters. The Kier molecular flexibility index (Phi) is 5.67. The first-order valence-corrected chi connectivity index (χ1v) is 9.33. The molecule has 0 spiro atoms. The molecule has 1 heterocycles. The second-order valence-corrected chi connectivity index (χ2v) is 7.17. The van der Waals surface area contributed by atoms with Gasteiger partial charge in [0.25, 0.3) is 0 Å². The van der Waals surface area contributed by atoms with Gasteiger partial charge in [0.1, 0.15) is 11.5 Å². The fourth-order valence-corrected chi connectivity index (χ4v) is 3.89. The Morgan fingerprint density at radius 1 is 1.07 bits per heavy atom. The van der Waals surface area contributed by atoms with E-state index < -0.39 is 30.2 Å². The predicted octanol–water partition coefficient (Wildman–Crippen LogP) is 2.26. The summed E-state index contributed by atoms with van der Waals surface area (Å²) in [6, 6.07) is 3.63. The number of imide groups is 2. The van der Waals surface area contributed by atoms with Crippen molar-refractivity contribution in [2.45, 2.75) is 38.6 Å². The van der Waals surface area contributed by atoms with Gasteiger partial charge in [0, 0.05) is 12.1 Å². The second kappa shape index (κ2) is 8.00. The molecule has 2 atom stereocenters. The first-order valence-electron chi connectivity index (χ1n) is 9.33. The number of methoxy groups -OCH3 is 2. The van der Waals surface area contributed by atoms with Gasteiger partial charge in [-0.3, -0.25) is 19.3 Å². The molecule has 1 aliphatic carbocycles. The van der Waals surface area contributed by atoms with Crippen LogP contribution < -0.4 is 9.47 Å². The van der Waals surface area contributed by atoms with Crippen LogP contribution >= 0.6 is 0 Å². The van der Waals surface area contributed by atoms with Gasteiger partial charge in [0.05, 0.1) is 26.3 Å². The third-order valence-corrected chi connectivity index (χ3v) is 5.49. The van der Waals surface area contributed by atoms with Crippen molar-refractivity contribution in [2.24, 2.45) is 5.92 Å². The molecule has 4 amide bonds. The molecule has 0 N–H and O–H groups in total. The molecule has 8 nitrogen and oxygen atoms in total. The topological polar surface area (TPSA) is 93.2 Å². The van der Waals surface area contributed by atoms with Crippen molar-refractivity contribution < 1.29 is 28.7 Å². The third-order valence-electron chi connectivity index (χ3n) is 5.49. The van der Waals surface area contributed by atoms with Crippen molar-refractivity contribution in [2.75, 3.05) is 20.8 Å². The normalized spacial score (nSPS) is 22.6. The quantitative estimate of drug-likeness (QED) is 0.422. The Morgan fingerprint density at radius 3 is 2.43 bits per heavy atom. The summed E-state index contributed by atoms with van der Waals surface area (Å²) in [5, 5.41) is 0. The Hall–Kier alpha value is -2.90. The third kappa shape index (κ3) is 3.46. The number of ether oxygens (including phenoxy) is 2. The molecule has 2 fully saturated rings. The SMILES string of the molecule is COc1ccc(C(=O)CN2C(=O)C(=O)N([C@H]3CCCC[C@@H]3C)C2=O)c(OC)c1. The molecular weight excluding hydrogens is 364 g/mol. The van der Waals surface area contributed by atoms with E-state index in [0.717, 1.165) is 29.1 Å². The smallest absolute Gasteiger partial charge is 0.334 e. The number of nitrogens with zero attached hydrogens (tertiary/aromatic N) is 2. The minimum atomic E-state index is -0.955. The first-order chi connectivity index (χ1) is 13.4. The minimum absolute atomic E-state index is 0.131. The average Bonchev–Trinajstić information content (AvgIpc) is 2.91. The van der Waals surface area contributed by atoms with Gasteiger partial charge in [0.15, 0.2) is 5.78 Å². The molecule has 150 valence electrons. The van der Waals surface area contributed by atoms with E-state index in [1.165, 1.54) is 20.3 Å². The molecule has 2 aliphatic rings. The number of hydrogen-bond donors (Lipinski definition) is 0. The molecule has 0 bridgehead atoms. The molecule has 3 rings (SSSR count). The molecule has 1 aliphatic heterocycles. The number of carbonyl (C=O) groups excluding carboxylic acids is 4. The van der Waals surface area contributed by atoms with Gasteiger partial charge in [-0.25, -0.2) is 9.69 Å². The number of benzene rings is 1. The number of ketones is 1. The Morgan fingerprint density at radius 2 is 1.79 bits per heavy atom. The molecule has 28 heavy (non-hydrogen) atoms. The van der Waals surface area contributed by atoms with Crippen LogP contribution in [0, 0.1) is 5.92 Å². The first kappa shape index (κ1) is 19.9. The zero-order valence-electron chi connectivity index (χ0n) is 16.3. The number of carbonyl (C=O) groups is 4. The fraction of sp³-hybridized carbons (Fsp3) is 0.500. The van der Waals surface area contributed by atoms with Crippen molar-refractivity contribution in [3.05, 3.63) is 23.8 Å². The minimum Gasteiger partial charge on any atom is -0.497 e. The fourth-order valence-electron chi connectivity index (χ4n) is 3.89. The van der Waals surface area contributed by atoms with E-state index in [1.807, 2.05) is 6.92 Å². The van der Waals surface area contributed by atoms with Crippen molar-refractivity contribution >= 4 is 23.6 Å². The molecule has 8 heteroatoms. The molecule has 1 aromatic carbocycles. The number of urea groups is 1. The van der Waals surface area contributed by atoms with Crippen LogP contribution in [0.4, 0.5) is 4.79 Å². The number of amides is 4. The molecule has 1 aromatic rings. The largest absolute Gasteiger partial charge is 0.497 e. The molecular formula is C20H24N2O6. The number of Topliss-reactive ketones (excluding diaryl/α,β-unsaturated/α-hetero) is 1. The van der Waals surface area contributed by atoms with Crippen LogP contribution in [0.1, 0.15) is 43.0 Å². The Labute approximate surface area is 163 Å². The average molecular weight is 388 g/mol. The van der Waals surface area contributed by atoms with E-state index in [1.54, 1.807) is 12.1 Å². The lowest BCUT2D eigenvalue weighted by Crippen LogP contribution is -2.46. The summed E-state index contributed by atoms with van der Waals surface area (Å²) in [7, 11) is 2.90. The Balaban J connectivity index is 1.80. The Bertz CT molecular complexity index is 821. The van der Waals surface area contributed by atoms with Gasteiger partial charge in [-0.15, -0.1) is 0 Å². The van der Waals surface area contributed by atoms with Crippen molar-refractivity contribution in [1.29, 1.82) is 0 Å². The lowest BCUT2D eigenvalue weighted by molar-refractivity contribution is -0.144. The summed E-state index contributed by atoms with van der Waals surface area (Å²) >= 11 is 0. The van der Waals surface area contributed by atoms with E-state index in [0.29, 0.717) is 12.2 Å². The van der Waals surface area contributed by atoms with E-state index in [4.69, 9.17) is 9.47 Å². The summed E-state index contributed by atoms with van der Waals surface area (Å²) in [4.78, 5) is 52.2. The van der Waals surface area contributed by atoms with Gasteiger partial charge in [0.2, 0.25) is 0 Å². The maximum absolute atomic E-state index is 12.8. The highest BCUT2D eigenvalue weighted by Crippen LogP contribution is 2.31. The van der Waals surface area contributed by atoms with Crippen LogP contribution in [0.25, 0.3) is 0 Å². The molecule has 1 saturated heterocycles. The summed E-state index contributed by atoms with van der Waals surface area (Å²) in [6.45, 7) is 1.47. The van der Waals surface area contributed by atoms with Crippen LogP contribution in [0.2, 0.25) is 0 Å².